The van der Waals surface area contributed by atoms with Crippen LogP contribution in [0.15, 0.2) is 46.3 Å². The Morgan fingerprint density at radius 2 is 1.94 bits per heavy atom. The summed E-state index contributed by atoms with van der Waals surface area (Å²) in [6.45, 7) is 9.23. The van der Waals surface area contributed by atoms with Gasteiger partial charge in [0.25, 0.3) is 0 Å². The predicted molar refractivity (Wildman–Crippen MR) is 118 cm³/mol. The van der Waals surface area contributed by atoms with Gasteiger partial charge in [-0.05, 0) is 56.0 Å². The number of rotatable bonds is 13. The lowest BCUT2D eigenvalue weighted by Crippen LogP contribution is -2.22. The van der Waals surface area contributed by atoms with E-state index >= 15 is 0 Å². The molecule has 174 valence electrons. The summed E-state index contributed by atoms with van der Waals surface area (Å²) in [5.74, 6) is 2.77. The highest BCUT2D eigenvalue weighted by molar-refractivity contribution is 6.01. The highest BCUT2D eigenvalue weighted by atomic mass is 16.6. The first-order valence-electron chi connectivity index (χ1n) is 11.3. The second kappa shape index (κ2) is 11.1. The van der Waals surface area contributed by atoms with Crippen LogP contribution in [0.1, 0.15) is 44.1 Å². The summed E-state index contributed by atoms with van der Waals surface area (Å²) in [6.07, 6.45) is 7.33. The molecule has 32 heavy (non-hydrogen) atoms. The Morgan fingerprint density at radius 1 is 1.19 bits per heavy atom. The van der Waals surface area contributed by atoms with Crippen molar-refractivity contribution in [3.05, 3.63) is 53.4 Å². The van der Waals surface area contributed by atoms with E-state index < -0.39 is 0 Å². The number of carbonyl (C=O) groups excluding carboxylic acids is 1. The summed E-state index contributed by atoms with van der Waals surface area (Å²) in [5.41, 5.74) is 0.802. The number of hydrogen-bond acceptors (Lipinski definition) is 7. The van der Waals surface area contributed by atoms with E-state index in [1.54, 1.807) is 0 Å². The van der Waals surface area contributed by atoms with Gasteiger partial charge in [-0.3, -0.25) is 4.79 Å². The van der Waals surface area contributed by atoms with Gasteiger partial charge >= 0.3 is 0 Å². The van der Waals surface area contributed by atoms with Gasteiger partial charge in [0.15, 0.2) is 5.78 Å². The first-order chi connectivity index (χ1) is 15.6. The van der Waals surface area contributed by atoms with E-state index in [1.807, 2.05) is 31.2 Å². The molecule has 1 aromatic rings. The van der Waals surface area contributed by atoms with Gasteiger partial charge in [0, 0.05) is 12.3 Å². The topological polar surface area (TPSA) is 83.0 Å². The lowest BCUT2D eigenvalue weighted by molar-refractivity contribution is -0.120. The van der Waals surface area contributed by atoms with Gasteiger partial charge in [0.2, 0.25) is 0 Å². The van der Waals surface area contributed by atoms with E-state index in [4.69, 9.17) is 28.1 Å². The third-order valence-corrected chi connectivity index (χ3v) is 5.65. The number of ketones is 1. The van der Waals surface area contributed by atoms with Crippen LogP contribution in [0, 0.1) is 5.92 Å². The molecule has 0 N–H and O–H groups in total. The van der Waals surface area contributed by atoms with Crippen LogP contribution in [0.25, 0.3) is 6.08 Å². The standard InChI is InChI=1S/C25H32O7/c1-3-20(31-17(2)11-27-13-23-15-29-23)9-18-5-4-6-19(25(18)26)10-21-7-8-22(32-21)12-28-14-24-16-30-24/h3,7-8,10,18,23-24H,2,4-6,9,11-16H2,1H3/b19-10?,20-3-/t18?,23-,24?/m0/s1. The lowest BCUT2D eigenvalue weighted by atomic mass is 9.81. The Bertz CT molecular complexity index is 857. The Balaban J connectivity index is 1.26. The molecule has 3 aliphatic rings. The van der Waals surface area contributed by atoms with Crippen molar-refractivity contribution in [1.29, 1.82) is 0 Å². The van der Waals surface area contributed by atoms with Gasteiger partial charge in [0.05, 0.1) is 26.4 Å². The van der Waals surface area contributed by atoms with Crippen LogP contribution in [-0.4, -0.2) is 51.0 Å². The number of Topliss-reactive ketones (excluding diaryl/α,β-unsaturated/α-hetero) is 1. The van der Waals surface area contributed by atoms with E-state index in [0.717, 1.165) is 49.6 Å². The smallest absolute Gasteiger partial charge is 0.162 e. The van der Waals surface area contributed by atoms with Crippen LogP contribution in [0.4, 0.5) is 0 Å². The summed E-state index contributed by atoms with van der Waals surface area (Å²) in [4.78, 5) is 13.1. The fraction of sp³-hybridized carbons (Fsp3) is 0.560. The van der Waals surface area contributed by atoms with Crippen molar-refractivity contribution in [1.82, 2.24) is 0 Å². The van der Waals surface area contributed by atoms with Crippen LogP contribution in [-0.2, 0) is 35.1 Å². The predicted octanol–water partition coefficient (Wildman–Crippen LogP) is 4.19. The molecule has 1 aromatic heterocycles. The minimum atomic E-state index is -0.105. The Hall–Kier alpha value is -2.19. The molecule has 7 heteroatoms. The molecule has 7 nitrogen and oxygen atoms in total. The van der Waals surface area contributed by atoms with Crippen LogP contribution in [0.2, 0.25) is 0 Å². The fourth-order valence-electron chi connectivity index (χ4n) is 3.71. The number of allylic oxidation sites excluding steroid dienone is 3. The molecular weight excluding hydrogens is 412 g/mol. The molecule has 0 bridgehead atoms. The number of hydrogen-bond donors (Lipinski definition) is 0. The van der Waals surface area contributed by atoms with Gasteiger partial charge < -0.3 is 28.1 Å². The third-order valence-electron chi connectivity index (χ3n) is 5.65. The van der Waals surface area contributed by atoms with Crippen LogP contribution < -0.4 is 0 Å². The molecule has 0 radical (unpaired) electrons. The monoisotopic (exact) mass is 444 g/mol. The number of ether oxygens (including phenoxy) is 5. The van der Waals surface area contributed by atoms with Crippen LogP contribution >= 0.6 is 0 Å². The average Bonchev–Trinajstić information content (AvgIpc) is 3.71. The SMILES string of the molecule is C=C(COC[C@H]1CO1)O/C(=C\C)CC1CCCC(=Cc2ccc(COCC3CO3)o2)C1=O. The summed E-state index contributed by atoms with van der Waals surface area (Å²) in [7, 11) is 0. The van der Waals surface area contributed by atoms with Gasteiger partial charge in [-0.1, -0.05) is 6.58 Å². The van der Waals surface area contributed by atoms with Gasteiger partial charge in [-0.15, -0.1) is 0 Å². The summed E-state index contributed by atoms with van der Waals surface area (Å²) in [6, 6.07) is 3.77. The first-order valence-corrected chi connectivity index (χ1v) is 11.3. The molecule has 0 amide bonds. The van der Waals surface area contributed by atoms with Crippen molar-refractivity contribution in [2.24, 2.45) is 5.92 Å². The zero-order valence-corrected chi connectivity index (χ0v) is 18.7. The highest BCUT2D eigenvalue weighted by Crippen LogP contribution is 2.32. The van der Waals surface area contributed by atoms with Crippen molar-refractivity contribution in [3.63, 3.8) is 0 Å². The molecule has 3 heterocycles. The molecule has 0 spiro atoms. The number of carbonyl (C=O) groups is 1. The Kier molecular flexibility index (Phi) is 7.97. The molecule has 1 aliphatic carbocycles. The average molecular weight is 445 g/mol. The van der Waals surface area contributed by atoms with Crippen molar-refractivity contribution >= 4 is 11.9 Å². The molecule has 0 aromatic carbocycles. The van der Waals surface area contributed by atoms with Gasteiger partial charge in [-0.2, -0.15) is 0 Å². The van der Waals surface area contributed by atoms with Crippen LogP contribution in [0.5, 0.6) is 0 Å². The maximum Gasteiger partial charge on any atom is 0.162 e. The highest BCUT2D eigenvalue weighted by Gasteiger charge is 2.28. The second-order valence-corrected chi connectivity index (χ2v) is 8.47. The third kappa shape index (κ3) is 7.17. The summed E-state index contributed by atoms with van der Waals surface area (Å²) in [5, 5.41) is 0. The number of furan rings is 1. The van der Waals surface area contributed by atoms with E-state index in [-0.39, 0.29) is 23.9 Å². The maximum absolute atomic E-state index is 13.1. The minimum absolute atomic E-state index is 0.105. The lowest BCUT2D eigenvalue weighted by Gasteiger charge is -2.24. The Morgan fingerprint density at radius 3 is 2.66 bits per heavy atom. The molecule has 1 saturated carbocycles. The van der Waals surface area contributed by atoms with Gasteiger partial charge in [-0.25, -0.2) is 0 Å². The summed E-state index contributed by atoms with van der Waals surface area (Å²) < 4.78 is 33.0. The first kappa shape index (κ1) is 23.0. The molecular formula is C25H32O7. The zero-order chi connectivity index (χ0) is 22.3. The molecule has 3 atom stereocenters. The van der Waals surface area contributed by atoms with E-state index in [2.05, 4.69) is 6.58 Å². The quantitative estimate of drug-likeness (QED) is 0.256. The molecule has 4 rings (SSSR count). The molecule has 2 unspecified atom stereocenters. The van der Waals surface area contributed by atoms with Gasteiger partial charge in [0.1, 0.15) is 48.5 Å². The van der Waals surface area contributed by atoms with E-state index in [9.17, 15) is 4.79 Å². The minimum Gasteiger partial charge on any atom is -0.465 e. The van der Waals surface area contributed by atoms with Crippen molar-refractivity contribution in [2.45, 2.75) is 51.4 Å². The van der Waals surface area contributed by atoms with Crippen LogP contribution in [0.3, 0.4) is 0 Å². The molecule has 3 fully saturated rings. The van der Waals surface area contributed by atoms with Crippen molar-refractivity contribution in [2.75, 3.05) is 33.0 Å². The van der Waals surface area contributed by atoms with Crippen molar-refractivity contribution in [3.8, 4) is 0 Å². The summed E-state index contributed by atoms with van der Waals surface area (Å²) >= 11 is 0. The van der Waals surface area contributed by atoms with E-state index in [1.165, 1.54) is 0 Å². The normalized spacial score (nSPS) is 26.4. The second-order valence-electron chi connectivity index (χ2n) is 8.47. The van der Waals surface area contributed by atoms with E-state index in [0.29, 0.717) is 44.4 Å². The molecule has 2 saturated heterocycles. The Labute approximate surface area is 189 Å². The van der Waals surface area contributed by atoms with Crippen molar-refractivity contribution < 1.29 is 32.9 Å². The zero-order valence-electron chi connectivity index (χ0n) is 18.7. The largest absolute Gasteiger partial charge is 0.465 e. The fourth-order valence-corrected chi connectivity index (χ4v) is 3.71. The number of epoxide rings is 2. The maximum atomic E-state index is 13.1. The molecule has 2 aliphatic heterocycles.